The predicted octanol–water partition coefficient (Wildman–Crippen LogP) is 3.86. The van der Waals surface area contributed by atoms with Gasteiger partial charge in [-0.2, -0.15) is 17.5 Å². The summed E-state index contributed by atoms with van der Waals surface area (Å²) in [7, 11) is -2.57. The molecule has 238 valence electrons. The number of nitroso groups, excluding NO2 is 1. The fraction of sp³-hybridized carbons (Fsp3) is 0.714. The van der Waals surface area contributed by atoms with Gasteiger partial charge >= 0.3 is 18.3 Å². The Labute approximate surface area is 249 Å². The first-order valence-electron chi connectivity index (χ1n) is 14.8. The number of amides is 2. The van der Waals surface area contributed by atoms with Gasteiger partial charge in [-0.1, -0.05) is 6.92 Å². The summed E-state index contributed by atoms with van der Waals surface area (Å²) >= 11 is 0. The minimum absolute atomic E-state index is 0.0111. The highest BCUT2D eigenvalue weighted by atomic mass is 32.2. The van der Waals surface area contributed by atoms with Gasteiger partial charge < -0.3 is 9.64 Å². The van der Waals surface area contributed by atoms with E-state index in [2.05, 4.69) is 17.0 Å². The van der Waals surface area contributed by atoms with E-state index in [1.54, 1.807) is 0 Å². The summed E-state index contributed by atoms with van der Waals surface area (Å²) in [6.07, 6.45) is -2.20. The van der Waals surface area contributed by atoms with Crippen molar-refractivity contribution in [3.63, 3.8) is 0 Å². The fourth-order valence-corrected chi connectivity index (χ4v) is 8.68. The molecule has 4 saturated heterocycles. The lowest BCUT2D eigenvalue weighted by Crippen LogP contribution is -2.52. The fourth-order valence-electron chi connectivity index (χ4n) is 7.21. The first-order chi connectivity index (χ1) is 20.3. The highest BCUT2D eigenvalue weighted by molar-refractivity contribution is 7.89. The maximum absolute atomic E-state index is 14.2. The maximum Gasteiger partial charge on any atom is 0.460 e. The average Bonchev–Trinajstić information content (AvgIpc) is 3.29. The molecule has 4 heterocycles. The van der Waals surface area contributed by atoms with Crippen LogP contribution in [0.4, 0.5) is 23.7 Å². The summed E-state index contributed by atoms with van der Waals surface area (Å²) in [6.45, 7) is 3.50. The number of nitrogens with one attached hydrogen (secondary N) is 1. The molecule has 15 heteroatoms. The number of halogens is 3. The van der Waals surface area contributed by atoms with Crippen LogP contribution in [-0.2, 0) is 19.6 Å². The molecule has 5 rings (SSSR count). The molecule has 1 aromatic carbocycles. The van der Waals surface area contributed by atoms with Gasteiger partial charge in [0, 0.05) is 31.9 Å². The second-order valence-electron chi connectivity index (χ2n) is 12.2. The first-order valence-corrected chi connectivity index (χ1v) is 16.3. The molecule has 0 spiro atoms. The number of alkyl halides is 3. The number of fused-ring (bicyclic) bond motifs is 1. The second-order valence-corrected chi connectivity index (χ2v) is 14.2. The molecular weight excluding hydrogens is 591 g/mol. The summed E-state index contributed by atoms with van der Waals surface area (Å²) in [5, 5.41) is 3.68. The number of hydrogen-bond donors (Lipinski definition) is 1. The first kappa shape index (κ1) is 31.5. The van der Waals surface area contributed by atoms with Crippen LogP contribution in [0.15, 0.2) is 29.2 Å². The van der Waals surface area contributed by atoms with Crippen LogP contribution in [0.2, 0.25) is 0 Å². The molecule has 4 fully saturated rings. The van der Waals surface area contributed by atoms with Crippen LogP contribution in [0.3, 0.4) is 0 Å². The molecule has 11 nitrogen and oxygen atoms in total. The number of anilines is 1. The molecule has 1 aromatic rings. The van der Waals surface area contributed by atoms with E-state index < -0.39 is 46.2 Å². The molecule has 4 aliphatic rings. The third-order valence-electron chi connectivity index (χ3n) is 9.71. The van der Waals surface area contributed by atoms with E-state index in [0.717, 1.165) is 12.8 Å². The summed E-state index contributed by atoms with van der Waals surface area (Å²) in [5.74, 6) is -1.62. The Bertz CT molecular complexity index is 1310. The standard InChI is InChI=1S/C28H38F3N5O6S/c1-18-7-12-33(13-8-18)26(37)24-23-17-20(11-16-35(23)36(39)25(24)28(29,30)31)19-9-14-34(15-10-19)43(40,41)22-5-3-21(4-6-22)32-27(38)42-2/h3-6,18-20,23-25H,7-17H2,1-2H3/p+1. The number of carbonyl (C=O) groups excluding carboxylic acids is 2. The van der Waals surface area contributed by atoms with E-state index in [1.807, 2.05) is 0 Å². The zero-order valence-electron chi connectivity index (χ0n) is 24.3. The smallest absolute Gasteiger partial charge is 0.453 e. The third kappa shape index (κ3) is 6.33. The molecule has 4 atom stereocenters. The Hall–Kier alpha value is -2.94. The summed E-state index contributed by atoms with van der Waals surface area (Å²) in [4.78, 5) is 39.5. The minimum Gasteiger partial charge on any atom is -0.453 e. The SMILES string of the molecule is COC(=O)Nc1ccc(S(=O)(=O)N2CCC(C3CCN4C(C3)C(C(=O)N3CCC(C)CC3)C(C(F)(F)F)[N+]4=O)CC2)cc1. The van der Waals surface area contributed by atoms with E-state index in [9.17, 15) is 36.1 Å². The van der Waals surface area contributed by atoms with Crippen molar-refractivity contribution in [1.82, 2.24) is 14.2 Å². The van der Waals surface area contributed by atoms with Gasteiger partial charge in [0.2, 0.25) is 15.9 Å². The van der Waals surface area contributed by atoms with Gasteiger partial charge in [0.1, 0.15) is 16.8 Å². The van der Waals surface area contributed by atoms with Crippen molar-refractivity contribution >= 4 is 27.7 Å². The average molecular weight is 631 g/mol. The lowest BCUT2D eigenvalue weighted by Gasteiger charge is -2.40. The van der Waals surface area contributed by atoms with E-state index in [-0.39, 0.29) is 47.7 Å². The molecule has 0 saturated carbocycles. The van der Waals surface area contributed by atoms with Gasteiger partial charge in [-0.25, -0.2) is 13.2 Å². The predicted molar refractivity (Wildman–Crippen MR) is 149 cm³/mol. The number of sulfonamides is 1. The van der Waals surface area contributed by atoms with E-state index in [4.69, 9.17) is 0 Å². The molecule has 2 amide bonds. The number of likely N-dealkylation sites (tertiary alicyclic amines) is 1. The van der Waals surface area contributed by atoms with Crippen LogP contribution in [0.1, 0.15) is 45.4 Å². The van der Waals surface area contributed by atoms with Crippen molar-refractivity contribution in [2.24, 2.45) is 23.7 Å². The van der Waals surface area contributed by atoms with Crippen molar-refractivity contribution in [3.05, 3.63) is 29.2 Å². The maximum atomic E-state index is 14.2. The molecule has 43 heavy (non-hydrogen) atoms. The molecule has 1 N–H and O–H groups in total. The second kappa shape index (κ2) is 12.2. The summed E-state index contributed by atoms with van der Waals surface area (Å²) in [6, 6.07) is 2.53. The Morgan fingerprint density at radius 2 is 1.56 bits per heavy atom. The monoisotopic (exact) mass is 630 g/mol. The molecule has 0 radical (unpaired) electrons. The summed E-state index contributed by atoms with van der Waals surface area (Å²) in [5.41, 5.74) is 0.388. The van der Waals surface area contributed by atoms with Crippen LogP contribution in [0.25, 0.3) is 0 Å². The van der Waals surface area contributed by atoms with Crippen LogP contribution >= 0.6 is 0 Å². The van der Waals surface area contributed by atoms with Crippen molar-refractivity contribution < 1.29 is 40.8 Å². The van der Waals surface area contributed by atoms with Crippen LogP contribution in [0.5, 0.6) is 0 Å². The number of piperidine rings is 3. The lowest BCUT2D eigenvalue weighted by atomic mass is 9.74. The zero-order valence-corrected chi connectivity index (χ0v) is 25.1. The number of rotatable bonds is 5. The van der Waals surface area contributed by atoms with Gasteiger partial charge in [-0.05, 0) is 80.5 Å². The Kier molecular flexibility index (Phi) is 8.94. The number of hydrogen-bond acceptors (Lipinski definition) is 6. The molecule has 0 bridgehead atoms. The van der Waals surface area contributed by atoms with Crippen LogP contribution < -0.4 is 5.32 Å². The van der Waals surface area contributed by atoms with Crippen molar-refractivity contribution in [2.75, 3.05) is 45.2 Å². The van der Waals surface area contributed by atoms with E-state index in [1.165, 1.54) is 45.6 Å². The Morgan fingerprint density at radius 1 is 0.953 bits per heavy atom. The highest BCUT2D eigenvalue weighted by Gasteiger charge is 2.71. The van der Waals surface area contributed by atoms with Gasteiger partial charge in [0.05, 0.1) is 23.5 Å². The Morgan fingerprint density at radius 3 is 2.14 bits per heavy atom. The van der Waals surface area contributed by atoms with Crippen molar-refractivity contribution in [1.29, 1.82) is 0 Å². The number of hydrazine groups is 1. The molecule has 4 aliphatic heterocycles. The number of methoxy groups -OCH3 is 1. The topological polar surface area (TPSA) is 119 Å². The van der Waals surface area contributed by atoms with Crippen LogP contribution in [0, 0.1) is 28.6 Å². The Balaban J connectivity index is 1.25. The van der Waals surface area contributed by atoms with E-state index >= 15 is 0 Å². The molecule has 4 unspecified atom stereocenters. The number of carbonyl (C=O) groups is 2. The zero-order chi connectivity index (χ0) is 31.1. The largest absolute Gasteiger partial charge is 0.460 e. The summed E-state index contributed by atoms with van der Waals surface area (Å²) < 4.78 is 75.1. The third-order valence-corrected chi connectivity index (χ3v) is 11.6. The quantitative estimate of drug-likeness (QED) is 0.491. The van der Waals surface area contributed by atoms with E-state index in [0.29, 0.717) is 44.0 Å². The van der Waals surface area contributed by atoms with Gasteiger partial charge in [-0.3, -0.25) is 10.1 Å². The van der Waals surface area contributed by atoms with Crippen LogP contribution in [-0.4, -0.2) is 97.6 Å². The highest BCUT2D eigenvalue weighted by Crippen LogP contribution is 2.46. The lowest BCUT2D eigenvalue weighted by molar-refractivity contribution is -0.735. The molecular formula is C28H39F3N5O6S+. The van der Waals surface area contributed by atoms with Crippen molar-refractivity contribution in [2.45, 2.75) is 68.6 Å². The van der Waals surface area contributed by atoms with Gasteiger partial charge in [-0.15, -0.1) is 5.01 Å². The number of benzene rings is 1. The molecule has 0 aromatic heterocycles. The number of ether oxygens (including phenoxy) is 1. The normalized spacial score (nSPS) is 28.1. The minimum atomic E-state index is -4.84. The number of nitrogens with zero attached hydrogens (tertiary/aromatic N) is 4. The van der Waals surface area contributed by atoms with Gasteiger partial charge in [0.25, 0.3) is 0 Å². The van der Waals surface area contributed by atoms with Gasteiger partial charge in [0.15, 0.2) is 0 Å². The molecule has 0 aliphatic carbocycles. The van der Waals surface area contributed by atoms with Crippen molar-refractivity contribution in [3.8, 4) is 0 Å².